The van der Waals surface area contributed by atoms with Crippen LogP contribution in [0.1, 0.15) is 28.8 Å². The molecule has 0 radical (unpaired) electrons. The molecule has 1 aromatic rings. The predicted molar refractivity (Wildman–Crippen MR) is 48.5 cm³/mol. The number of carboxylic acids is 1. The molecule has 2 rings (SSSR count). The van der Waals surface area contributed by atoms with Crippen molar-refractivity contribution in [3.05, 3.63) is 35.1 Å². The van der Waals surface area contributed by atoms with Crippen LogP contribution in [0, 0.1) is 5.82 Å². The lowest BCUT2D eigenvalue weighted by atomic mass is 9.99. The van der Waals surface area contributed by atoms with Crippen molar-refractivity contribution in [2.24, 2.45) is 5.73 Å². The summed E-state index contributed by atoms with van der Waals surface area (Å²) in [7, 11) is 0. The predicted octanol–water partition coefficient (Wildman–Crippen LogP) is 1.47. The topological polar surface area (TPSA) is 63.3 Å². The fourth-order valence-corrected chi connectivity index (χ4v) is 1.52. The molecule has 74 valence electrons. The second-order valence-corrected chi connectivity index (χ2v) is 3.65. The third-order valence-corrected chi connectivity index (χ3v) is 2.54. The Hall–Kier alpha value is -1.42. The number of benzene rings is 1. The van der Waals surface area contributed by atoms with Gasteiger partial charge in [0.25, 0.3) is 0 Å². The zero-order valence-corrected chi connectivity index (χ0v) is 7.46. The molecular weight excluding hydrogens is 185 g/mol. The molecule has 1 saturated carbocycles. The Bertz CT molecular complexity index is 399. The molecule has 0 spiro atoms. The summed E-state index contributed by atoms with van der Waals surface area (Å²) < 4.78 is 12.9. The molecule has 1 aliphatic carbocycles. The Morgan fingerprint density at radius 1 is 1.50 bits per heavy atom. The van der Waals surface area contributed by atoms with Gasteiger partial charge < -0.3 is 10.8 Å². The molecule has 1 fully saturated rings. The number of nitrogens with two attached hydrogens (primary N) is 1. The van der Waals surface area contributed by atoms with Gasteiger partial charge in [0.2, 0.25) is 0 Å². The molecule has 3 nitrogen and oxygen atoms in total. The minimum absolute atomic E-state index is 0.103. The van der Waals surface area contributed by atoms with Crippen LogP contribution in [-0.2, 0) is 5.54 Å². The Morgan fingerprint density at radius 3 is 2.64 bits per heavy atom. The monoisotopic (exact) mass is 195 g/mol. The van der Waals surface area contributed by atoms with Gasteiger partial charge in [-0.15, -0.1) is 0 Å². The van der Waals surface area contributed by atoms with Gasteiger partial charge in [-0.1, -0.05) is 0 Å². The molecule has 1 aromatic carbocycles. The van der Waals surface area contributed by atoms with Crippen molar-refractivity contribution in [2.75, 3.05) is 0 Å². The van der Waals surface area contributed by atoms with E-state index in [1.807, 2.05) is 0 Å². The van der Waals surface area contributed by atoms with Crippen molar-refractivity contribution in [3.8, 4) is 0 Å². The van der Waals surface area contributed by atoms with Crippen molar-refractivity contribution in [3.63, 3.8) is 0 Å². The molecule has 0 aliphatic heterocycles. The third kappa shape index (κ3) is 1.37. The average Bonchev–Trinajstić information content (AvgIpc) is 2.84. The lowest BCUT2D eigenvalue weighted by molar-refractivity contribution is 0.0694. The first-order valence-electron chi connectivity index (χ1n) is 4.35. The van der Waals surface area contributed by atoms with Gasteiger partial charge >= 0.3 is 5.97 Å². The molecule has 0 atom stereocenters. The molecule has 14 heavy (non-hydrogen) atoms. The summed E-state index contributed by atoms with van der Waals surface area (Å²) in [5.41, 5.74) is 5.74. The Labute approximate surface area is 80.3 Å². The molecule has 3 N–H and O–H groups in total. The summed E-state index contributed by atoms with van der Waals surface area (Å²) in [5, 5.41) is 8.87. The molecule has 0 heterocycles. The smallest absolute Gasteiger partial charge is 0.336 e. The first kappa shape index (κ1) is 9.15. The maximum Gasteiger partial charge on any atom is 0.336 e. The van der Waals surface area contributed by atoms with E-state index in [0.717, 1.165) is 18.9 Å². The van der Waals surface area contributed by atoms with Gasteiger partial charge in [0.05, 0.1) is 5.56 Å². The molecule has 4 heteroatoms. The molecule has 0 aromatic heterocycles. The maximum atomic E-state index is 12.9. The van der Waals surface area contributed by atoms with Crippen molar-refractivity contribution in [1.82, 2.24) is 0 Å². The number of hydrogen-bond acceptors (Lipinski definition) is 2. The van der Waals surface area contributed by atoms with Crippen LogP contribution >= 0.6 is 0 Å². The van der Waals surface area contributed by atoms with E-state index in [0.29, 0.717) is 5.56 Å². The van der Waals surface area contributed by atoms with E-state index in [1.165, 1.54) is 12.1 Å². The van der Waals surface area contributed by atoms with Crippen LogP contribution in [0.15, 0.2) is 18.2 Å². The number of carbonyl (C=O) groups is 1. The first-order chi connectivity index (χ1) is 6.53. The van der Waals surface area contributed by atoms with Crippen LogP contribution in [-0.4, -0.2) is 11.1 Å². The lowest BCUT2D eigenvalue weighted by Crippen LogP contribution is -2.22. The summed E-state index contributed by atoms with van der Waals surface area (Å²) in [4.78, 5) is 10.8. The van der Waals surface area contributed by atoms with Crippen LogP contribution < -0.4 is 5.73 Å². The largest absolute Gasteiger partial charge is 0.478 e. The number of halogens is 1. The van der Waals surface area contributed by atoms with Gasteiger partial charge in [0, 0.05) is 5.54 Å². The van der Waals surface area contributed by atoms with Crippen LogP contribution in [0.5, 0.6) is 0 Å². The maximum absolute atomic E-state index is 12.9. The Kier molecular flexibility index (Phi) is 1.82. The summed E-state index contributed by atoms with van der Waals surface area (Å²) in [5.74, 6) is -1.50. The first-order valence-corrected chi connectivity index (χ1v) is 4.35. The van der Waals surface area contributed by atoms with Crippen LogP contribution in [0.4, 0.5) is 4.39 Å². The molecule has 0 amide bonds. The van der Waals surface area contributed by atoms with E-state index in [4.69, 9.17) is 10.8 Å². The number of hydrogen-bond donors (Lipinski definition) is 2. The molecular formula is C10H10FNO2. The van der Waals surface area contributed by atoms with Gasteiger partial charge in [0.15, 0.2) is 0 Å². The summed E-state index contributed by atoms with van der Waals surface area (Å²) in [6.07, 6.45) is 1.44. The van der Waals surface area contributed by atoms with Gasteiger partial charge in [-0.05, 0) is 36.6 Å². The van der Waals surface area contributed by atoms with Crippen molar-refractivity contribution >= 4 is 5.97 Å². The number of aromatic carboxylic acids is 1. The molecule has 0 saturated heterocycles. The SMILES string of the molecule is NC1(c2cc(F)ccc2C(=O)O)CC1. The average molecular weight is 195 g/mol. The quantitative estimate of drug-likeness (QED) is 0.751. The van der Waals surface area contributed by atoms with Crippen molar-refractivity contribution in [2.45, 2.75) is 18.4 Å². The normalized spacial score (nSPS) is 17.9. The van der Waals surface area contributed by atoms with Gasteiger partial charge in [-0.25, -0.2) is 9.18 Å². The minimum Gasteiger partial charge on any atom is -0.478 e. The standard InChI is InChI=1S/C10H10FNO2/c11-6-1-2-7(9(13)14)8(5-6)10(12)3-4-10/h1-2,5H,3-4,12H2,(H,13,14). The second-order valence-electron chi connectivity index (χ2n) is 3.65. The van der Waals surface area contributed by atoms with E-state index in [2.05, 4.69) is 0 Å². The summed E-state index contributed by atoms with van der Waals surface area (Å²) in [6, 6.07) is 3.62. The zero-order chi connectivity index (χ0) is 10.3. The highest BCUT2D eigenvalue weighted by Crippen LogP contribution is 2.44. The fourth-order valence-electron chi connectivity index (χ4n) is 1.52. The molecule has 0 unspecified atom stereocenters. The lowest BCUT2D eigenvalue weighted by Gasteiger charge is -2.12. The number of rotatable bonds is 2. The highest BCUT2D eigenvalue weighted by Gasteiger charge is 2.42. The second kappa shape index (κ2) is 2.78. The van der Waals surface area contributed by atoms with Gasteiger partial charge in [-0.3, -0.25) is 0 Å². The van der Waals surface area contributed by atoms with Crippen LogP contribution in [0.25, 0.3) is 0 Å². The Balaban J connectivity index is 2.54. The summed E-state index contributed by atoms with van der Waals surface area (Å²) >= 11 is 0. The minimum atomic E-state index is -1.06. The molecule has 1 aliphatic rings. The van der Waals surface area contributed by atoms with Gasteiger partial charge in [-0.2, -0.15) is 0 Å². The third-order valence-electron chi connectivity index (χ3n) is 2.54. The van der Waals surface area contributed by atoms with Gasteiger partial charge in [0.1, 0.15) is 5.82 Å². The van der Waals surface area contributed by atoms with Crippen molar-refractivity contribution in [1.29, 1.82) is 0 Å². The van der Waals surface area contributed by atoms with Crippen LogP contribution in [0.3, 0.4) is 0 Å². The highest BCUT2D eigenvalue weighted by molar-refractivity contribution is 5.90. The van der Waals surface area contributed by atoms with E-state index in [9.17, 15) is 9.18 Å². The van der Waals surface area contributed by atoms with E-state index >= 15 is 0 Å². The zero-order valence-electron chi connectivity index (χ0n) is 7.46. The Morgan fingerprint density at radius 2 is 2.14 bits per heavy atom. The molecule has 0 bridgehead atoms. The van der Waals surface area contributed by atoms with Crippen LogP contribution in [0.2, 0.25) is 0 Å². The van der Waals surface area contributed by atoms with E-state index < -0.39 is 17.3 Å². The van der Waals surface area contributed by atoms with E-state index in [-0.39, 0.29) is 5.56 Å². The van der Waals surface area contributed by atoms with Crippen molar-refractivity contribution < 1.29 is 14.3 Å². The fraction of sp³-hybridized carbons (Fsp3) is 0.300. The number of carboxylic acid groups (broad SMARTS) is 1. The van der Waals surface area contributed by atoms with E-state index in [1.54, 1.807) is 0 Å². The highest BCUT2D eigenvalue weighted by atomic mass is 19.1. The summed E-state index contributed by atoms with van der Waals surface area (Å²) in [6.45, 7) is 0.